The fraction of sp³-hybridized carbons (Fsp3) is 0.346. The number of hydrogen-bond acceptors (Lipinski definition) is 7. The van der Waals surface area contributed by atoms with Gasteiger partial charge in [0.1, 0.15) is 29.6 Å². The van der Waals surface area contributed by atoms with Crippen LogP contribution in [0.1, 0.15) is 37.4 Å². The molecule has 184 valence electrons. The molecule has 4 aromatic rings. The molecule has 6 rings (SSSR count). The molecule has 2 fully saturated rings. The van der Waals surface area contributed by atoms with Gasteiger partial charge in [-0.1, -0.05) is 11.6 Å². The molecule has 4 heterocycles. The van der Waals surface area contributed by atoms with Gasteiger partial charge in [0.25, 0.3) is 0 Å². The second-order valence-corrected chi connectivity index (χ2v) is 10.0. The van der Waals surface area contributed by atoms with Gasteiger partial charge in [-0.25, -0.2) is 9.97 Å². The van der Waals surface area contributed by atoms with E-state index in [-0.39, 0.29) is 17.6 Å². The van der Waals surface area contributed by atoms with Crippen molar-refractivity contribution in [3.8, 4) is 23.0 Å². The molecule has 1 amide bonds. The van der Waals surface area contributed by atoms with Crippen molar-refractivity contribution in [1.29, 1.82) is 0 Å². The van der Waals surface area contributed by atoms with Crippen LogP contribution in [-0.2, 0) is 11.3 Å². The maximum atomic E-state index is 11.5. The van der Waals surface area contributed by atoms with E-state index in [9.17, 15) is 4.79 Å². The number of hydrogen-bond donors (Lipinski definition) is 1. The van der Waals surface area contributed by atoms with Crippen LogP contribution in [0.3, 0.4) is 0 Å². The Balaban J connectivity index is 1.42. The number of carbonyl (C=O) groups excluding carboxylic acids is 1. The molecule has 0 unspecified atom stereocenters. The van der Waals surface area contributed by atoms with Gasteiger partial charge in [-0.3, -0.25) is 9.78 Å². The topological polar surface area (TPSA) is 104 Å². The van der Waals surface area contributed by atoms with E-state index in [1.54, 1.807) is 12.3 Å². The highest BCUT2D eigenvalue weighted by molar-refractivity contribution is 6.33. The Hall–Kier alpha value is -3.72. The Kier molecular flexibility index (Phi) is 5.52. The smallest absolute Gasteiger partial charge is 0.245 e. The minimum atomic E-state index is -0.213. The van der Waals surface area contributed by atoms with Gasteiger partial charge >= 0.3 is 0 Å². The summed E-state index contributed by atoms with van der Waals surface area (Å²) >= 11 is 6.76. The molecule has 3 aromatic heterocycles. The maximum Gasteiger partial charge on any atom is 0.245 e. The molecule has 10 heteroatoms. The van der Waals surface area contributed by atoms with Crippen LogP contribution < -0.4 is 14.8 Å². The molecule has 1 aliphatic carbocycles. The van der Waals surface area contributed by atoms with Crippen LogP contribution in [0, 0.1) is 6.92 Å². The van der Waals surface area contributed by atoms with Gasteiger partial charge in [0.2, 0.25) is 11.8 Å². The highest BCUT2D eigenvalue weighted by Crippen LogP contribution is 2.41. The molecule has 1 N–H and O–H groups in total. The Morgan fingerprint density at radius 3 is 2.78 bits per heavy atom. The number of rotatable bonds is 7. The van der Waals surface area contributed by atoms with Gasteiger partial charge in [0.15, 0.2) is 11.2 Å². The van der Waals surface area contributed by atoms with E-state index in [0.29, 0.717) is 53.2 Å². The highest BCUT2D eigenvalue weighted by atomic mass is 35.5. The summed E-state index contributed by atoms with van der Waals surface area (Å²) in [6.07, 6.45) is 5.38. The van der Waals surface area contributed by atoms with Gasteiger partial charge in [0, 0.05) is 11.8 Å². The van der Waals surface area contributed by atoms with Crippen molar-refractivity contribution in [2.75, 3.05) is 6.54 Å². The van der Waals surface area contributed by atoms with Crippen molar-refractivity contribution in [3.63, 3.8) is 0 Å². The summed E-state index contributed by atoms with van der Waals surface area (Å²) < 4.78 is 14.1. The zero-order valence-electron chi connectivity index (χ0n) is 20.0. The zero-order chi connectivity index (χ0) is 24.9. The second-order valence-electron chi connectivity index (χ2n) is 9.64. The molecule has 0 spiro atoms. The number of nitrogens with zero attached hydrogens (tertiary/aromatic N) is 5. The Labute approximate surface area is 212 Å². The molecule has 36 heavy (non-hydrogen) atoms. The predicted molar refractivity (Wildman–Crippen MR) is 134 cm³/mol. The number of carbonyl (C=O) groups is 1. The first-order valence-electron chi connectivity index (χ1n) is 11.9. The Morgan fingerprint density at radius 2 is 2.06 bits per heavy atom. The Morgan fingerprint density at radius 1 is 1.19 bits per heavy atom. The monoisotopic (exact) mass is 504 g/mol. The fourth-order valence-electron chi connectivity index (χ4n) is 4.31. The van der Waals surface area contributed by atoms with Crippen LogP contribution in [0.15, 0.2) is 42.9 Å². The minimum absolute atomic E-state index is 0.0135. The molecular formula is C26H25ClN6O3. The van der Waals surface area contributed by atoms with Crippen molar-refractivity contribution >= 4 is 28.7 Å². The standard InChI is InChI=1S/C26H25ClN6O3/c1-15-5-8-28-16(9-15)13-33-23(32-22-24(33)30-14-31-25(22)36-26(2)6-7-26)19-4-3-17(10-20(19)27)35-18-11-21(34)29-12-18/h3-5,8-10,14,18H,6-7,11-13H2,1-2H3,(H,29,34)/t18-/m1/s1. The summed E-state index contributed by atoms with van der Waals surface area (Å²) in [6, 6.07) is 9.47. The van der Waals surface area contributed by atoms with Crippen molar-refractivity contribution in [2.24, 2.45) is 0 Å². The molecule has 0 bridgehead atoms. The van der Waals surface area contributed by atoms with Crippen LogP contribution in [0.25, 0.3) is 22.6 Å². The van der Waals surface area contributed by atoms with Gasteiger partial charge in [0.05, 0.1) is 30.2 Å². The number of imidazole rings is 1. The quantitative estimate of drug-likeness (QED) is 0.404. The van der Waals surface area contributed by atoms with Crippen molar-refractivity contribution < 1.29 is 14.3 Å². The average Bonchev–Trinajstić information content (AvgIpc) is 3.24. The van der Waals surface area contributed by atoms with Crippen molar-refractivity contribution in [2.45, 2.75) is 51.4 Å². The van der Waals surface area contributed by atoms with E-state index < -0.39 is 0 Å². The maximum absolute atomic E-state index is 11.5. The summed E-state index contributed by atoms with van der Waals surface area (Å²) in [5.41, 5.74) is 3.73. The lowest BCUT2D eigenvalue weighted by Crippen LogP contribution is -2.20. The molecule has 1 saturated heterocycles. The molecule has 2 aliphatic rings. The first-order chi connectivity index (χ1) is 17.4. The molecular weight excluding hydrogens is 480 g/mol. The number of aryl methyl sites for hydroxylation is 1. The van der Waals surface area contributed by atoms with E-state index in [1.165, 1.54) is 6.33 Å². The van der Waals surface area contributed by atoms with Crippen LogP contribution in [-0.4, -0.2) is 48.7 Å². The van der Waals surface area contributed by atoms with Crippen LogP contribution in [0.5, 0.6) is 11.6 Å². The predicted octanol–water partition coefficient (Wildman–Crippen LogP) is 4.10. The fourth-order valence-corrected chi connectivity index (χ4v) is 4.56. The number of aromatic nitrogens is 5. The third-order valence-corrected chi connectivity index (χ3v) is 6.82. The van der Waals surface area contributed by atoms with Crippen LogP contribution in [0.2, 0.25) is 5.02 Å². The summed E-state index contributed by atoms with van der Waals surface area (Å²) in [6.45, 7) is 5.04. The minimum Gasteiger partial charge on any atom is -0.488 e. The largest absolute Gasteiger partial charge is 0.488 e. The SMILES string of the molecule is Cc1ccnc(Cn2c(-c3ccc(O[C@H]4CNC(=O)C4)cc3Cl)nc3c(OC4(C)CC4)ncnc32)c1. The number of benzene rings is 1. The van der Waals surface area contributed by atoms with E-state index in [4.69, 9.17) is 26.1 Å². The lowest BCUT2D eigenvalue weighted by molar-refractivity contribution is -0.119. The van der Waals surface area contributed by atoms with E-state index in [1.807, 2.05) is 35.8 Å². The molecule has 1 saturated carbocycles. The number of nitrogens with one attached hydrogen (secondary N) is 1. The number of ether oxygens (including phenoxy) is 2. The first kappa shape index (κ1) is 22.7. The summed E-state index contributed by atoms with van der Waals surface area (Å²) in [5.74, 6) is 1.68. The van der Waals surface area contributed by atoms with Gasteiger partial charge in [-0.15, -0.1) is 0 Å². The molecule has 0 radical (unpaired) electrons. The third-order valence-electron chi connectivity index (χ3n) is 6.51. The lowest BCUT2D eigenvalue weighted by atomic mass is 10.2. The highest BCUT2D eigenvalue weighted by Gasteiger charge is 2.41. The summed E-state index contributed by atoms with van der Waals surface area (Å²) in [7, 11) is 0. The van der Waals surface area contributed by atoms with E-state index in [0.717, 1.165) is 29.7 Å². The van der Waals surface area contributed by atoms with Gasteiger partial charge < -0.3 is 19.4 Å². The molecule has 9 nitrogen and oxygen atoms in total. The lowest BCUT2D eigenvalue weighted by Gasteiger charge is -2.14. The average molecular weight is 505 g/mol. The third kappa shape index (κ3) is 4.46. The van der Waals surface area contributed by atoms with Crippen LogP contribution >= 0.6 is 11.6 Å². The summed E-state index contributed by atoms with van der Waals surface area (Å²) in [4.78, 5) is 29.9. The number of amides is 1. The second kappa shape index (κ2) is 8.74. The Bertz CT molecular complexity index is 1480. The number of fused-ring (bicyclic) bond motifs is 1. The molecule has 1 aromatic carbocycles. The zero-order valence-corrected chi connectivity index (χ0v) is 20.7. The normalized spacial score (nSPS) is 18.3. The first-order valence-corrected chi connectivity index (χ1v) is 12.3. The molecule has 1 aliphatic heterocycles. The van der Waals surface area contributed by atoms with Gasteiger partial charge in [-0.05, 0) is 62.6 Å². The van der Waals surface area contributed by atoms with Crippen molar-refractivity contribution in [1.82, 2.24) is 29.8 Å². The number of pyridine rings is 1. The molecule has 1 atom stereocenters. The van der Waals surface area contributed by atoms with Crippen LogP contribution in [0.4, 0.5) is 0 Å². The summed E-state index contributed by atoms with van der Waals surface area (Å²) in [5, 5.41) is 3.25. The van der Waals surface area contributed by atoms with Gasteiger partial charge in [-0.2, -0.15) is 4.98 Å². The van der Waals surface area contributed by atoms with Crippen molar-refractivity contribution in [3.05, 3.63) is 59.1 Å². The van der Waals surface area contributed by atoms with E-state index >= 15 is 0 Å². The van der Waals surface area contributed by atoms with E-state index in [2.05, 4.69) is 27.2 Å². The number of halogens is 1.